The summed E-state index contributed by atoms with van der Waals surface area (Å²) in [5, 5.41) is 3.57. The Morgan fingerprint density at radius 3 is 1.64 bits per heavy atom. The second-order valence-corrected chi connectivity index (χ2v) is 11.7. The predicted octanol–water partition coefficient (Wildman–Crippen LogP) is 11.5. The van der Waals surface area contributed by atoms with Crippen molar-refractivity contribution in [3.63, 3.8) is 0 Å². The van der Waals surface area contributed by atoms with Crippen LogP contribution in [0.5, 0.6) is 0 Å². The minimum atomic E-state index is -0.624. The van der Waals surface area contributed by atoms with E-state index in [0.29, 0.717) is 22.1 Å². The average molecular weight is 651 g/mol. The molecular formula is C45H28N4O. The third-order valence-corrected chi connectivity index (χ3v) is 8.85. The second kappa shape index (κ2) is 11.4. The first kappa shape index (κ1) is 19.8. The number of benzene rings is 7. The van der Waals surface area contributed by atoms with Gasteiger partial charge in [0.1, 0.15) is 11.2 Å². The molecule has 0 amide bonds. The lowest BCUT2D eigenvalue weighted by atomic mass is 10.0. The fourth-order valence-electron chi connectivity index (χ4n) is 6.72. The number of fused-ring (bicyclic) bond motifs is 6. The summed E-state index contributed by atoms with van der Waals surface area (Å²) in [4.78, 5) is 14.0. The molecule has 10 aromatic rings. The summed E-state index contributed by atoms with van der Waals surface area (Å²) in [6.45, 7) is 0. The molecule has 3 aromatic heterocycles. The Morgan fingerprint density at radius 1 is 0.440 bits per heavy atom. The Kier molecular flexibility index (Phi) is 4.52. The molecule has 5 nitrogen and oxygen atoms in total. The minimum Gasteiger partial charge on any atom is -0.455 e. The van der Waals surface area contributed by atoms with Gasteiger partial charge in [-0.3, -0.25) is 0 Å². The molecule has 0 atom stereocenters. The first-order valence-electron chi connectivity index (χ1n) is 20.9. The molecule has 0 aliphatic carbocycles. The van der Waals surface area contributed by atoms with Crippen molar-refractivity contribution < 1.29 is 18.1 Å². The molecule has 0 saturated heterocycles. The van der Waals surface area contributed by atoms with Gasteiger partial charge in [0, 0.05) is 32.8 Å². The van der Waals surface area contributed by atoms with Crippen LogP contribution in [0.25, 0.3) is 94.7 Å². The molecule has 0 aliphatic rings. The molecule has 7 aromatic carbocycles. The zero-order valence-corrected chi connectivity index (χ0v) is 26.1. The molecule has 0 spiro atoms. The topological polar surface area (TPSA) is 56.7 Å². The van der Waals surface area contributed by atoms with Crippen molar-refractivity contribution in [1.29, 1.82) is 0 Å². The fourth-order valence-corrected chi connectivity index (χ4v) is 6.72. The highest BCUT2D eigenvalue weighted by molar-refractivity contribution is 6.18. The van der Waals surface area contributed by atoms with Crippen molar-refractivity contribution in [2.45, 2.75) is 0 Å². The smallest absolute Gasteiger partial charge is 0.167 e. The van der Waals surface area contributed by atoms with E-state index in [1.54, 1.807) is 6.07 Å². The van der Waals surface area contributed by atoms with Crippen molar-refractivity contribution >= 4 is 43.7 Å². The van der Waals surface area contributed by atoms with Crippen LogP contribution in [-0.2, 0) is 0 Å². The van der Waals surface area contributed by atoms with E-state index in [-0.39, 0.29) is 28.6 Å². The van der Waals surface area contributed by atoms with Gasteiger partial charge in [-0.05, 0) is 29.8 Å². The van der Waals surface area contributed by atoms with Gasteiger partial charge in [0.25, 0.3) is 0 Å². The number of furan rings is 1. The van der Waals surface area contributed by atoms with Gasteiger partial charge in [-0.2, -0.15) is 0 Å². The van der Waals surface area contributed by atoms with Crippen molar-refractivity contribution in [2.24, 2.45) is 0 Å². The lowest BCUT2D eigenvalue weighted by molar-refractivity contribution is 0.670. The highest BCUT2D eigenvalue weighted by Crippen LogP contribution is 2.44. The van der Waals surface area contributed by atoms with Crippen molar-refractivity contribution in [3.8, 4) is 51.0 Å². The van der Waals surface area contributed by atoms with Gasteiger partial charge in [0.2, 0.25) is 0 Å². The van der Waals surface area contributed by atoms with Crippen molar-refractivity contribution in [3.05, 3.63) is 170 Å². The SMILES string of the molecule is [2H]c1c([2H])c([2H])c(-c2nc(-c3c([2H])c([2H])c([2H])c([2H])c3[2H])nc(-c3ccc(-n4c5ccccc5c5ccccc54)c4c3oc3c(-c5ccccc5)cccc34)n2)c([2H])c1[2H]. The van der Waals surface area contributed by atoms with Gasteiger partial charge in [-0.1, -0.05) is 145 Å². The maximum Gasteiger partial charge on any atom is 0.167 e. The molecule has 0 fully saturated rings. The van der Waals surface area contributed by atoms with Gasteiger partial charge < -0.3 is 8.98 Å². The Balaban J connectivity index is 1.35. The number of nitrogens with zero attached hydrogens (tertiary/aromatic N) is 4. The van der Waals surface area contributed by atoms with Gasteiger partial charge >= 0.3 is 0 Å². The molecule has 0 saturated carbocycles. The van der Waals surface area contributed by atoms with Crippen LogP contribution in [0.2, 0.25) is 0 Å². The van der Waals surface area contributed by atoms with E-state index in [1.165, 1.54) is 0 Å². The van der Waals surface area contributed by atoms with E-state index >= 15 is 0 Å². The summed E-state index contributed by atoms with van der Waals surface area (Å²) >= 11 is 0. The molecule has 3 heterocycles. The van der Waals surface area contributed by atoms with Gasteiger partial charge in [0.15, 0.2) is 17.5 Å². The molecule has 0 aliphatic heterocycles. The summed E-state index contributed by atoms with van der Waals surface area (Å²) in [5.74, 6) is -0.813. The van der Waals surface area contributed by atoms with E-state index in [1.807, 2.05) is 78.9 Å². The number of hydrogen-bond donors (Lipinski definition) is 0. The third-order valence-electron chi connectivity index (χ3n) is 8.85. The number of rotatable bonds is 5. The number of aromatic nitrogens is 4. The Bertz CT molecular complexity index is 3260. The number of para-hydroxylation sites is 3. The monoisotopic (exact) mass is 650 g/mol. The van der Waals surface area contributed by atoms with Crippen LogP contribution in [0.15, 0.2) is 174 Å². The first-order chi connectivity index (χ1) is 29.0. The average Bonchev–Trinajstić information content (AvgIpc) is 3.83. The predicted molar refractivity (Wildman–Crippen MR) is 203 cm³/mol. The van der Waals surface area contributed by atoms with Crippen LogP contribution < -0.4 is 0 Å². The molecule has 50 heavy (non-hydrogen) atoms. The van der Waals surface area contributed by atoms with E-state index in [9.17, 15) is 0 Å². The van der Waals surface area contributed by atoms with Gasteiger partial charge in [-0.15, -0.1) is 0 Å². The Morgan fingerprint density at radius 2 is 1.00 bits per heavy atom. The normalized spacial score (nSPS) is 14.4. The summed E-state index contributed by atoms with van der Waals surface area (Å²) in [5.41, 5.74) is 4.93. The van der Waals surface area contributed by atoms with Crippen LogP contribution in [-0.4, -0.2) is 19.5 Å². The molecule has 234 valence electrons. The van der Waals surface area contributed by atoms with Crippen LogP contribution in [0.4, 0.5) is 0 Å². The molecule has 0 N–H and O–H groups in total. The van der Waals surface area contributed by atoms with Crippen LogP contribution in [0, 0.1) is 0 Å². The quantitative estimate of drug-likeness (QED) is 0.186. The largest absolute Gasteiger partial charge is 0.455 e. The maximum absolute atomic E-state index is 8.80. The minimum absolute atomic E-state index is 0.0901. The Labute approximate surface area is 301 Å². The molecule has 5 heteroatoms. The van der Waals surface area contributed by atoms with E-state index < -0.39 is 60.4 Å². The Hall–Kier alpha value is -6.85. The lowest BCUT2D eigenvalue weighted by Crippen LogP contribution is -2.01. The molecule has 10 rings (SSSR count). The standard InChI is InChI=1S/C45H28N4O/c1-4-15-29(16-5-1)32-23-14-24-35-40-39(49-37-25-12-10-21-33(37)34-22-11-13-26-38(34)49)28-27-36(42(40)50-41(32)35)45-47-43(30-17-6-2-7-18-30)46-44(48-45)31-19-8-3-9-20-31/h1-28H/i2D,3D,6D,7D,8D,9D,17D,18D,19D,20D. The maximum atomic E-state index is 8.80. The van der Waals surface area contributed by atoms with Crippen LogP contribution in [0.1, 0.15) is 13.7 Å². The summed E-state index contributed by atoms with van der Waals surface area (Å²) in [7, 11) is 0. The lowest BCUT2D eigenvalue weighted by Gasteiger charge is -2.12. The molecule has 0 bridgehead atoms. The zero-order valence-electron chi connectivity index (χ0n) is 36.1. The fraction of sp³-hybridized carbons (Fsp3) is 0. The van der Waals surface area contributed by atoms with Crippen molar-refractivity contribution in [1.82, 2.24) is 19.5 Å². The van der Waals surface area contributed by atoms with Crippen molar-refractivity contribution in [2.75, 3.05) is 0 Å². The number of hydrogen-bond acceptors (Lipinski definition) is 4. The van der Waals surface area contributed by atoms with E-state index in [2.05, 4.69) is 33.8 Å². The van der Waals surface area contributed by atoms with Gasteiger partial charge in [0.05, 0.1) is 41.4 Å². The van der Waals surface area contributed by atoms with Gasteiger partial charge in [-0.25, -0.2) is 15.0 Å². The van der Waals surface area contributed by atoms with Crippen LogP contribution in [0.3, 0.4) is 0 Å². The molecule has 0 unspecified atom stereocenters. The van der Waals surface area contributed by atoms with Crippen LogP contribution >= 0.6 is 0 Å². The van der Waals surface area contributed by atoms with E-state index in [4.69, 9.17) is 28.1 Å². The summed E-state index contributed by atoms with van der Waals surface area (Å²) < 4.78 is 94.4. The summed E-state index contributed by atoms with van der Waals surface area (Å²) in [6.07, 6.45) is 0. The highest BCUT2D eigenvalue weighted by Gasteiger charge is 2.24. The second-order valence-electron chi connectivity index (χ2n) is 11.7. The first-order valence-corrected chi connectivity index (χ1v) is 15.9. The molecule has 0 radical (unpaired) electrons. The highest BCUT2D eigenvalue weighted by atomic mass is 16.3. The third kappa shape index (κ3) is 4.45. The summed E-state index contributed by atoms with van der Waals surface area (Å²) in [6, 6.07) is 29.5. The van der Waals surface area contributed by atoms with E-state index in [0.717, 1.165) is 44.0 Å². The zero-order chi connectivity index (χ0) is 41.7. The molecular weight excluding hydrogens is 613 g/mol.